The first-order valence-corrected chi connectivity index (χ1v) is 14.7. The van der Waals surface area contributed by atoms with Crippen LogP contribution in [0.4, 0.5) is 11.4 Å². The zero-order valence-corrected chi connectivity index (χ0v) is 26.6. The molecule has 0 saturated carbocycles. The number of rotatable bonds is 3. The van der Waals surface area contributed by atoms with Gasteiger partial charge in [0.1, 0.15) is 0 Å². The van der Waals surface area contributed by atoms with Crippen LogP contribution in [0.5, 0.6) is 0 Å². The van der Waals surface area contributed by atoms with Gasteiger partial charge < -0.3 is 5.73 Å². The Morgan fingerprint density at radius 3 is 2.15 bits per heavy atom. The summed E-state index contributed by atoms with van der Waals surface area (Å²) in [5, 5.41) is 11.8. The van der Waals surface area contributed by atoms with Crippen molar-refractivity contribution >= 4 is 118 Å². The molecule has 0 fully saturated rings. The van der Waals surface area contributed by atoms with E-state index in [9.17, 15) is 14.3 Å². The van der Waals surface area contributed by atoms with E-state index in [0.29, 0.717) is 59.7 Å². The highest BCUT2D eigenvalue weighted by atomic mass is 79.9. The third kappa shape index (κ3) is 4.13. The summed E-state index contributed by atoms with van der Waals surface area (Å²) in [5.41, 5.74) is 6.97. The largest absolute Gasteiger partial charge is 0.399 e. The minimum atomic E-state index is -1.92. The van der Waals surface area contributed by atoms with E-state index < -0.39 is 21.6 Å². The van der Waals surface area contributed by atoms with Crippen molar-refractivity contribution in [3.63, 3.8) is 0 Å². The van der Waals surface area contributed by atoms with Gasteiger partial charge in [-0.25, -0.2) is 4.21 Å². The van der Waals surface area contributed by atoms with Gasteiger partial charge in [0, 0.05) is 50.8 Å². The maximum Gasteiger partial charge on any atom is 0.273 e. The van der Waals surface area contributed by atoms with E-state index in [1.807, 2.05) is 0 Å². The second kappa shape index (κ2) is 9.38. The average Bonchev–Trinajstić information content (AvgIpc) is 3.05. The summed E-state index contributed by atoms with van der Waals surface area (Å²) in [7, 11) is 0. The monoisotopic (exact) mass is 848 g/mol. The van der Waals surface area contributed by atoms with Crippen LogP contribution in [0.15, 0.2) is 62.1 Å². The van der Waals surface area contributed by atoms with Crippen molar-refractivity contribution in [2.75, 3.05) is 5.73 Å². The molecule has 13 heteroatoms. The van der Waals surface area contributed by atoms with Crippen molar-refractivity contribution in [3.05, 3.63) is 89.5 Å². The van der Waals surface area contributed by atoms with E-state index in [1.54, 1.807) is 31.2 Å². The van der Waals surface area contributed by atoms with E-state index in [-0.39, 0.29) is 5.69 Å². The van der Waals surface area contributed by atoms with Crippen LogP contribution in [0.3, 0.4) is 0 Å². The second-order valence-electron chi connectivity index (χ2n) is 7.09. The Balaban J connectivity index is 2.24. The molecule has 1 aliphatic rings. The van der Waals surface area contributed by atoms with Crippen LogP contribution in [-0.4, -0.2) is 9.13 Å². The van der Waals surface area contributed by atoms with Crippen LogP contribution < -0.4 is 5.73 Å². The third-order valence-corrected chi connectivity index (χ3v) is 12.6. The predicted molar refractivity (Wildman–Crippen MR) is 149 cm³/mol. The number of nitrogens with zero attached hydrogens (tertiary/aromatic N) is 1. The lowest BCUT2D eigenvalue weighted by Crippen LogP contribution is -2.30. The molecule has 2 N–H and O–H groups in total. The second-order valence-corrected chi connectivity index (χ2v) is 13.1. The summed E-state index contributed by atoms with van der Waals surface area (Å²) in [6.45, 7) is 1.65. The van der Waals surface area contributed by atoms with Gasteiger partial charge in [0.05, 0.1) is 14.3 Å². The van der Waals surface area contributed by atoms with E-state index in [1.165, 1.54) is 6.07 Å². The Morgan fingerprint density at radius 2 is 1.55 bits per heavy atom. The van der Waals surface area contributed by atoms with Crippen LogP contribution in [-0.2, 0) is 20.9 Å². The van der Waals surface area contributed by atoms with Gasteiger partial charge in [0.25, 0.3) is 5.69 Å². The highest BCUT2D eigenvalue weighted by Crippen LogP contribution is 2.58. The molecule has 2 unspecified atom stereocenters. The van der Waals surface area contributed by atoms with Crippen molar-refractivity contribution < 1.29 is 13.3 Å². The smallest absolute Gasteiger partial charge is 0.273 e. The quantitative estimate of drug-likeness (QED) is 0.0940. The fourth-order valence-electron chi connectivity index (χ4n) is 3.70. The SMILES string of the molecule is Cc1c(Br)cc(C2(c3cc(N)cc(Br)c3)OS(=O)c3c(Br)c(Br)c(Br)c(Br)c32)cc1[N+](=O)[O-]. The first-order chi connectivity index (χ1) is 15.4. The first-order valence-electron chi connectivity index (χ1n) is 8.89. The Morgan fingerprint density at radius 1 is 0.939 bits per heavy atom. The van der Waals surface area contributed by atoms with Gasteiger partial charge in [-0.1, -0.05) is 31.9 Å². The summed E-state index contributed by atoms with van der Waals surface area (Å²) in [5.74, 6) is 0. The fraction of sp³-hybridized carbons (Fsp3) is 0.100. The van der Waals surface area contributed by atoms with Gasteiger partial charge in [-0.3, -0.25) is 14.3 Å². The number of halogens is 6. The Bertz CT molecular complexity index is 1380. The Kier molecular flexibility index (Phi) is 7.37. The molecule has 0 bridgehead atoms. The number of nitrogens with two attached hydrogens (primary N) is 1. The van der Waals surface area contributed by atoms with Crippen molar-refractivity contribution in [1.29, 1.82) is 0 Å². The molecule has 0 aliphatic carbocycles. The van der Waals surface area contributed by atoms with Crippen molar-refractivity contribution in [2.45, 2.75) is 17.4 Å². The zero-order valence-electron chi connectivity index (χ0n) is 16.2. The molecule has 0 spiro atoms. The molecule has 4 rings (SSSR count). The van der Waals surface area contributed by atoms with E-state index in [4.69, 9.17) is 9.92 Å². The molecule has 1 heterocycles. The topological polar surface area (TPSA) is 95.5 Å². The summed E-state index contributed by atoms with van der Waals surface area (Å²) in [4.78, 5) is 11.8. The number of benzene rings is 3. The molecule has 0 radical (unpaired) electrons. The van der Waals surface area contributed by atoms with Gasteiger partial charge in [-0.2, -0.15) is 0 Å². The maximum absolute atomic E-state index is 13.4. The lowest BCUT2D eigenvalue weighted by Gasteiger charge is -2.31. The van der Waals surface area contributed by atoms with Gasteiger partial charge in [0.15, 0.2) is 16.7 Å². The number of hydrogen-bond acceptors (Lipinski definition) is 5. The molecule has 3 aromatic rings. The fourth-order valence-corrected chi connectivity index (χ4v) is 8.97. The molecule has 172 valence electrons. The molecule has 0 amide bonds. The summed E-state index contributed by atoms with van der Waals surface area (Å²) < 4.78 is 23.3. The number of fused-ring (bicyclic) bond motifs is 1. The molecule has 33 heavy (non-hydrogen) atoms. The van der Waals surface area contributed by atoms with Gasteiger partial charge >= 0.3 is 0 Å². The van der Waals surface area contributed by atoms with Crippen LogP contribution in [0, 0.1) is 17.0 Å². The molecule has 6 nitrogen and oxygen atoms in total. The van der Waals surface area contributed by atoms with Crippen molar-refractivity contribution in [3.8, 4) is 0 Å². The van der Waals surface area contributed by atoms with Crippen molar-refractivity contribution in [2.24, 2.45) is 0 Å². The molecule has 2 atom stereocenters. The third-order valence-electron chi connectivity index (χ3n) is 5.19. The molecular weight excluding hydrogens is 844 g/mol. The Hall–Kier alpha value is -0.150. The predicted octanol–water partition coefficient (Wildman–Crippen LogP) is 8.41. The summed E-state index contributed by atoms with van der Waals surface area (Å²) >= 11 is 19.2. The van der Waals surface area contributed by atoms with Crippen LogP contribution in [0.2, 0.25) is 0 Å². The zero-order chi connectivity index (χ0) is 24.4. The highest BCUT2D eigenvalue weighted by Gasteiger charge is 2.52. The number of nitro groups is 1. The van der Waals surface area contributed by atoms with Crippen molar-refractivity contribution in [1.82, 2.24) is 0 Å². The standard InChI is InChI=1S/C20H10Br6N2O4S/c1-7-12(22)4-9(5-13(7)28(29)30)20(8-2-10(21)6-11(27)3-8)14-15(23)16(24)17(25)18(26)19(14)33(31)32-20/h2-6H,27H2,1H3. The lowest BCUT2D eigenvalue weighted by molar-refractivity contribution is -0.385. The molecular formula is C20H10Br6N2O4S. The van der Waals surface area contributed by atoms with Gasteiger partial charge in [0.2, 0.25) is 0 Å². The average molecular weight is 854 g/mol. The minimum absolute atomic E-state index is 0.101. The maximum atomic E-state index is 13.4. The summed E-state index contributed by atoms with van der Waals surface area (Å²) in [6, 6.07) is 8.40. The number of anilines is 1. The minimum Gasteiger partial charge on any atom is -0.399 e. The summed E-state index contributed by atoms with van der Waals surface area (Å²) in [6.07, 6.45) is 0. The van der Waals surface area contributed by atoms with Crippen LogP contribution >= 0.6 is 95.6 Å². The normalized spacial score (nSPS) is 19.5. The molecule has 3 aromatic carbocycles. The van der Waals surface area contributed by atoms with Gasteiger partial charge in [-0.05, 0) is 100 Å². The molecule has 0 saturated heterocycles. The molecule has 1 aliphatic heterocycles. The first kappa shape index (κ1) is 25.9. The van der Waals surface area contributed by atoms with E-state index >= 15 is 0 Å². The number of nitro benzene ring substituents is 1. The van der Waals surface area contributed by atoms with Gasteiger partial charge in [-0.15, -0.1) is 0 Å². The van der Waals surface area contributed by atoms with E-state index in [0.717, 1.165) is 0 Å². The number of hydrogen-bond donors (Lipinski definition) is 1. The highest BCUT2D eigenvalue weighted by molar-refractivity contribution is 9.15. The van der Waals surface area contributed by atoms with Crippen LogP contribution in [0.1, 0.15) is 22.3 Å². The van der Waals surface area contributed by atoms with E-state index in [2.05, 4.69) is 95.6 Å². The lowest BCUT2D eigenvalue weighted by atomic mass is 9.79. The van der Waals surface area contributed by atoms with Crippen LogP contribution in [0.25, 0.3) is 0 Å². The number of nitrogen functional groups attached to an aromatic ring is 1. The molecule has 0 aromatic heterocycles. The Labute approximate surface area is 241 Å².